The lowest BCUT2D eigenvalue weighted by Gasteiger charge is -2.34. The van der Waals surface area contributed by atoms with Crippen LogP contribution in [0, 0.1) is 11.3 Å². The third kappa shape index (κ3) is 3.47. The van der Waals surface area contributed by atoms with Crippen molar-refractivity contribution < 1.29 is 4.74 Å². The van der Waals surface area contributed by atoms with Crippen LogP contribution in [0.4, 0.5) is 0 Å². The average Bonchev–Trinajstić information content (AvgIpc) is 2.59. The van der Waals surface area contributed by atoms with Crippen LogP contribution in [-0.4, -0.2) is 30.7 Å². The molecule has 1 aliphatic heterocycles. The lowest BCUT2D eigenvalue weighted by molar-refractivity contribution is 0.0319. The van der Waals surface area contributed by atoms with Crippen molar-refractivity contribution in [2.45, 2.75) is 31.8 Å². The van der Waals surface area contributed by atoms with Gasteiger partial charge in [-0.25, -0.2) is 0 Å². The maximum atomic E-state index is 8.95. The second-order valence-electron chi connectivity index (χ2n) is 5.86. The van der Waals surface area contributed by atoms with Crippen LogP contribution in [0.5, 0.6) is 0 Å². The average molecular weight is 294 g/mol. The van der Waals surface area contributed by atoms with Crippen molar-refractivity contribution in [3.05, 3.63) is 48.0 Å². The Labute approximate surface area is 132 Å². The summed E-state index contributed by atoms with van der Waals surface area (Å²) in [5, 5.41) is 11.6. The zero-order chi connectivity index (χ0) is 15.2. The van der Waals surface area contributed by atoms with Gasteiger partial charge in [0.2, 0.25) is 0 Å². The minimum absolute atomic E-state index is 0.529. The number of hydrogen-bond donors (Lipinski definition) is 0. The summed E-state index contributed by atoms with van der Waals surface area (Å²) in [6.45, 7) is 3.42. The SMILES string of the molecule is N#CCCN(Cc1cccc2ccccc12)C1CCOCC1. The van der Waals surface area contributed by atoms with Gasteiger partial charge in [-0.2, -0.15) is 5.26 Å². The van der Waals surface area contributed by atoms with Crippen LogP contribution < -0.4 is 0 Å². The van der Waals surface area contributed by atoms with Crippen LogP contribution in [0.1, 0.15) is 24.8 Å². The van der Waals surface area contributed by atoms with E-state index >= 15 is 0 Å². The Hall–Kier alpha value is -1.89. The monoisotopic (exact) mass is 294 g/mol. The smallest absolute Gasteiger partial charge is 0.0635 e. The van der Waals surface area contributed by atoms with E-state index in [1.165, 1.54) is 16.3 Å². The Balaban J connectivity index is 1.83. The zero-order valence-electron chi connectivity index (χ0n) is 12.9. The summed E-state index contributed by atoms with van der Waals surface area (Å²) < 4.78 is 5.48. The van der Waals surface area contributed by atoms with Crippen LogP contribution in [0.2, 0.25) is 0 Å². The first-order chi connectivity index (χ1) is 10.9. The van der Waals surface area contributed by atoms with E-state index in [-0.39, 0.29) is 0 Å². The highest BCUT2D eigenvalue weighted by Crippen LogP contribution is 2.23. The van der Waals surface area contributed by atoms with Gasteiger partial charge in [-0.15, -0.1) is 0 Å². The number of nitrogens with zero attached hydrogens (tertiary/aromatic N) is 2. The Bertz CT molecular complexity index is 651. The van der Waals surface area contributed by atoms with Gasteiger partial charge in [0.1, 0.15) is 0 Å². The van der Waals surface area contributed by atoms with Crippen LogP contribution in [-0.2, 0) is 11.3 Å². The lowest BCUT2D eigenvalue weighted by atomic mass is 10.0. The third-order valence-corrected chi connectivity index (χ3v) is 4.47. The molecule has 0 aliphatic carbocycles. The number of rotatable bonds is 5. The van der Waals surface area contributed by atoms with Crippen molar-refractivity contribution in [1.82, 2.24) is 4.90 Å². The quantitative estimate of drug-likeness (QED) is 0.843. The fraction of sp³-hybridized carbons (Fsp3) is 0.421. The van der Waals surface area contributed by atoms with E-state index < -0.39 is 0 Å². The topological polar surface area (TPSA) is 36.3 Å². The van der Waals surface area contributed by atoms with Gasteiger partial charge in [-0.1, -0.05) is 42.5 Å². The Morgan fingerprint density at radius 2 is 1.86 bits per heavy atom. The molecule has 22 heavy (non-hydrogen) atoms. The van der Waals surface area contributed by atoms with Gasteiger partial charge in [0.15, 0.2) is 0 Å². The van der Waals surface area contributed by atoms with Crippen molar-refractivity contribution in [3.63, 3.8) is 0 Å². The van der Waals surface area contributed by atoms with Crippen LogP contribution in [0.3, 0.4) is 0 Å². The summed E-state index contributed by atoms with van der Waals surface area (Å²) in [6.07, 6.45) is 2.72. The molecule has 0 radical (unpaired) electrons. The standard InChI is InChI=1S/C19H22N2O/c20-11-4-12-21(18-9-13-22-14-10-18)15-17-7-3-6-16-5-1-2-8-19(16)17/h1-3,5-8,18H,4,9-10,12-15H2. The van der Waals surface area contributed by atoms with Crippen molar-refractivity contribution in [1.29, 1.82) is 5.26 Å². The van der Waals surface area contributed by atoms with E-state index in [9.17, 15) is 0 Å². The van der Waals surface area contributed by atoms with Gasteiger partial charge >= 0.3 is 0 Å². The van der Waals surface area contributed by atoms with Gasteiger partial charge < -0.3 is 4.74 Å². The van der Waals surface area contributed by atoms with E-state index in [2.05, 4.69) is 53.4 Å². The fourth-order valence-electron chi connectivity index (χ4n) is 3.28. The van der Waals surface area contributed by atoms with E-state index in [1.807, 2.05) is 0 Å². The molecule has 0 aromatic heterocycles. The summed E-state index contributed by atoms with van der Waals surface area (Å²) in [5.74, 6) is 0. The molecular formula is C19H22N2O. The number of nitriles is 1. The molecule has 3 rings (SSSR count). The second kappa shape index (κ2) is 7.40. The van der Waals surface area contributed by atoms with E-state index in [1.54, 1.807) is 0 Å². The molecule has 114 valence electrons. The normalized spacial score (nSPS) is 16.0. The molecule has 0 atom stereocenters. The van der Waals surface area contributed by atoms with Gasteiger partial charge in [0.05, 0.1) is 6.07 Å². The highest BCUT2D eigenvalue weighted by Gasteiger charge is 2.21. The highest BCUT2D eigenvalue weighted by molar-refractivity contribution is 5.85. The lowest BCUT2D eigenvalue weighted by Crippen LogP contribution is -2.39. The van der Waals surface area contributed by atoms with E-state index in [4.69, 9.17) is 10.00 Å². The first kappa shape index (κ1) is 15.0. The molecule has 3 nitrogen and oxygen atoms in total. The summed E-state index contributed by atoms with van der Waals surface area (Å²) in [7, 11) is 0. The molecule has 1 saturated heterocycles. The molecule has 1 fully saturated rings. The second-order valence-corrected chi connectivity index (χ2v) is 5.86. The number of hydrogen-bond acceptors (Lipinski definition) is 3. The maximum absolute atomic E-state index is 8.95. The predicted octanol–water partition coefficient (Wildman–Crippen LogP) is 3.73. The van der Waals surface area contributed by atoms with Crippen LogP contribution in [0.15, 0.2) is 42.5 Å². The molecule has 0 saturated carbocycles. The summed E-state index contributed by atoms with van der Waals surface area (Å²) >= 11 is 0. The number of fused-ring (bicyclic) bond motifs is 1. The van der Waals surface area contributed by atoms with E-state index in [0.29, 0.717) is 12.5 Å². The molecule has 0 amide bonds. The molecule has 0 N–H and O–H groups in total. The van der Waals surface area contributed by atoms with Crippen molar-refractivity contribution in [2.24, 2.45) is 0 Å². The molecule has 2 aromatic carbocycles. The minimum atomic E-state index is 0.529. The Morgan fingerprint density at radius 3 is 2.68 bits per heavy atom. The van der Waals surface area contributed by atoms with Gasteiger partial charge in [-0.05, 0) is 29.2 Å². The zero-order valence-corrected chi connectivity index (χ0v) is 12.9. The van der Waals surface area contributed by atoms with Gasteiger partial charge in [0, 0.05) is 38.8 Å². The largest absolute Gasteiger partial charge is 0.381 e. The van der Waals surface area contributed by atoms with Crippen LogP contribution >= 0.6 is 0 Å². The van der Waals surface area contributed by atoms with E-state index in [0.717, 1.165) is 39.1 Å². The Morgan fingerprint density at radius 1 is 1.09 bits per heavy atom. The third-order valence-electron chi connectivity index (χ3n) is 4.47. The fourth-order valence-corrected chi connectivity index (χ4v) is 3.28. The molecule has 0 unspecified atom stereocenters. The number of benzene rings is 2. The number of ether oxygens (including phenoxy) is 1. The van der Waals surface area contributed by atoms with Crippen molar-refractivity contribution in [2.75, 3.05) is 19.8 Å². The minimum Gasteiger partial charge on any atom is -0.381 e. The predicted molar refractivity (Wildman–Crippen MR) is 88.4 cm³/mol. The molecule has 2 aromatic rings. The molecule has 1 heterocycles. The molecule has 1 aliphatic rings. The molecule has 0 spiro atoms. The maximum Gasteiger partial charge on any atom is 0.0635 e. The molecule has 3 heteroatoms. The summed E-state index contributed by atoms with van der Waals surface area (Å²) in [5.41, 5.74) is 1.35. The summed E-state index contributed by atoms with van der Waals surface area (Å²) in [4.78, 5) is 2.47. The van der Waals surface area contributed by atoms with Gasteiger partial charge in [0.25, 0.3) is 0 Å². The highest BCUT2D eigenvalue weighted by atomic mass is 16.5. The first-order valence-electron chi connectivity index (χ1n) is 8.04. The van der Waals surface area contributed by atoms with Gasteiger partial charge in [-0.3, -0.25) is 4.90 Å². The summed E-state index contributed by atoms with van der Waals surface area (Å²) in [6, 6.07) is 17.8. The van der Waals surface area contributed by atoms with Crippen molar-refractivity contribution in [3.8, 4) is 6.07 Å². The molecular weight excluding hydrogens is 272 g/mol. The van der Waals surface area contributed by atoms with Crippen molar-refractivity contribution >= 4 is 10.8 Å². The molecule has 0 bridgehead atoms. The first-order valence-corrected chi connectivity index (χ1v) is 8.04. The Kier molecular flexibility index (Phi) is 5.05. The van der Waals surface area contributed by atoms with Crippen LogP contribution in [0.25, 0.3) is 10.8 Å².